The van der Waals surface area contributed by atoms with Crippen LogP contribution in [-0.4, -0.2) is 30.0 Å². The Kier molecular flexibility index (Phi) is 6.24. The summed E-state index contributed by atoms with van der Waals surface area (Å²) in [5.41, 5.74) is 0. The van der Waals surface area contributed by atoms with E-state index in [0.717, 1.165) is 25.2 Å². The van der Waals surface area contributed by atoms with E-state index in [1.54, 1.807) is 0 Å². The summed E-state index contributed by atoms with van der Waals surface area (Å²) < 4.78 is 20.6. The average molecular weight is 359 g/mol. The summed E-state index contributed by atoms with van der Waals surface area (Å²) in [6.07, 6.45) is 7.54. The molecule has 0 aromatic heterocycles. The van der Waals surface area contributed by atoms with Gasteiger partial charge in [0.2, 0.25) is 0 Å². The van der Waals surface area contributed by atoms with Crippen LogP contribution in [0.1, 0.15) is 65.2 Å². The molecule has 0 N–H and O–H groups in total. The van der Waals surface area contributed by atoms with E-state index >= 15 is 0 Å². The van der Waals surface area contributed by atoms with Gasteiger partial charge in [0, 0.05) is 5.92 Å². The molecule has 3 rings (SSSR count). The molecule has 2 nitrogen and oxygen atoms in total. The number of carbonyl (C=O) groups is 1. The molecule has 2 aliphatic carbocycles. The molecule has 4 heteroatoms. The van der Waals surface area contributed by atoms with E-state index in [1.807, 2.05) is 6.92 Å². The van der Waals surface area contributed by atoms with Crippen molar-refractivity contribution in [2.75, 3.05) is 6.61 Å². The topological polar surface area (TPSA) is 26.3 Å². The first kappa shape index (κ1) is 18.6. The molecule has 2 saturated carbocycles. The number of hydrogen-bond donors (Lipinski definition) is 0. The van der Waals surface area contributed by atoms with Crippen LogP contribution >= 0.6 is 11.6 Å². The lowest BCUT2D eigenvalue weighted by Gasteiger charge is -2.39. The monoisotopic (exact) mass is 358 g/mol. The van der Waals surface area contributed by atoms with Crippen LogP contribution in [0.15, 0.2) is 0 Å². The third-order valence-corrected chi connectivity index (χ3v) is 7.50. The number of rotatable bonds is 3. The summed E-state index contributed by atoms with van der Waals surface area (Å²) in [4.78, 5) is 12.8. The van der Waals surface area contributed by atoms with Crippen LogP contribution in [0.2, 0.25) is 0 Å². The highest BCUT2D eigenvalue weighted by Crippen LogP contribution is 2.39. The van der Waals surface area contributed by atoms with Crippen LogP contribution < -0.4 is 0 Å². The van der Waals surface area contributed by atoms with Gasteiger partial charge in [-0.15, -0.1) is 11.6 Å². The zero-order valence-corrected chi connectivity index (χ0v) is 15.8. The number of ketones is 1. The minimum atomic E-state index is -1.19. The molecule has 138 valence electrons. The van der Waals surface area contributed by atoms with Gasteiger partial charge in [-0.25, -0.2) is 4.39 Å². The number of hydrogen-bond acceptors (Lipinski definition) is 2. The van der Waals surface area contributed by atoms with Crippen molar-refractivity contribution in [1.29, 1.82) is 0 Å². The molecule has 1 saturated heterocycles. The molecule has 3 fully saturated rings. The summed E-state index contributed by atoms with van der Waals surface area (Å²) in [5, 5.41) is -0.519. The van der Waals surface area contributed by atoms with E-state index in [0.29, 0.717) is 25.0 Å². The van der Waals surface area contributed by atoms with E-state index in [1.165, 1.54) is 25.7 Å². The Hall–Kier alpha value is -0.150. The number of alkyl halides is 2. The maximum absolute atomic E-state index is 14.5. The second-order valence-electron chi connectivity index (χ2n) is 8.62. The van der Waals surface area contributed by atoms with E-state index in [9.17, 15) is 9.18 Å². The quantitative estimate of drug-likeness (QED) is 0.650. The van der Waals surface area contributed by atoms with Crippen molar-refractivity contribution in [3.05, 3.63) is 0 Å². The summed E-state index contributed by atoms with van der Waals surface area (Å²) in [6.45, 7) is 4.79. The highest BCUT2D eigenvalue weighted by molar-refractivity contribution is 6.21. The van der Waals surface area contributed by atoms with Gasteiger partial charge in [-0.2, -0.15) is 0 Å². The smallest absolute Gasteiger partial charge is 0.144 e. The predicted molar refractivity (Wildman–Crippen MR) is 95.0 cm³/mol. The molecule has 0 radical (unpaired) electrons. The van der Waals surface area contributed by atoms with Crippen molar-refractivity contribution >= 4 is 17.4 Å². The first-order valence-electron chi connectivity index (χ1n) is 9.90. The Bertz CT molecular complexity index is 427. The van der Waals surface area contributed by atoms with Crippen LogP contribution in [0, 0.1) is 29.6 Å². The van der Waals surface area contributed by atoms with Gasteiger partial charge in [0.1, 0.15) is 12.0 Å². The molecule has 1 aliphatic heterocycles. The van der Waals surface area contributed by atoms with E-state index in [2.05, 4.69) is 6.92 Å². The van der Waals surface area contributed by atoms with Crippen molar-refractivity contribution < 1.29 is 13.9 Å². The van der Waals surface area contributed by atoms with Crippen LogP contribution in [0.25, 0.3) is 0 Å². The number of ether oxygens (including phenoxy) is 1. The van der Waals surface area contributed by atoms with Gasteiger partial charge in [-0.3, -0.25) is 4.79 Å². The van der Waals surface area contributed by atoms with Gasteiger partial charge in [-0.1, -0.05) is 26.7 Å². The fourth-order valence-electron chi connectivity index (χ4n) is 4.92. The van der Waals surface area contributed by atoms with Crippen LogP contribution in [0.5, 0.6) is 0 Å². The zero-order chi connectivity index (χ0) is 17.3. The van der Waals surface area contributed by atoms with Gasteiger partial charge in [0.25, 0.3) is 0 Å². The first-order chi connectivity index (χ1) is 11.5. The highest BCUT2D eigenvalue weighted by Gasteiger charge is 2.43. The van der Waals surface area contributed by atoms with E-state index in [4.69, 9.17) is 16.3 Å². The van der Waals surface area contributed by atoms with Gasteiger partial charge >= 0.3 is 0 Å². The minimum Gasteiger partial charge on any atom is -0.377 e. The predicted octanol–water partition coefficient (Wildman–Crippen LogP) is 5.17. The van der Waals surface area contributed by atoms with Crippen molar-refractivity contribution in [3.8, 4) is 0 Å². The minimum absolute atomic E-state index is 0.0655. The largest absolute Gasteiger partial charge is 0.377 e. The van der Waals surface area contributed by atoms with Crippen molar-refractivity contribution in [3.63, 3.8) is 0 Å². The van der Waals surface area contributed by atoms with Crippen LogP contribution in [0.3, 0.4) is 0 Å². The highest BCUT2D eigenvalue weighted by atomic mass is 35.5. The average Bonchev–Trinajstić information content (AvgIpc) is 2.60. The Morgan fingerprint density at radius 1 is 1.00 bits per heavy atom. The lowest BCUT2D eigenvalue weighted by Crippen LogP contribution is -2.45. The van der Waals surface area contributed by atoms with Crippen LogP contribution in [-0.2, 0) is 9.53 Å². The summed E-state index contributed by atoms with van der Waals surface area (Å²) in [6, 6.07) is 0. The third kappa shape index (κ3) is 3.98. The first-order valence-corrected chi connectivity index (χ1v) is 10.3. The maximum atomic E-state index is 14.5. The van der Waals surface area contributed by atoms with Crippen molar-refractivity contribution in [2.45, 2.75) is 82.9 Å². The Morgan fingerprint density at radius 2 is 1.71 bits per heavy atom. The maximum Gasteiger partial charge on any atom is 0.144 e. The fourth-order valence-corrected chi connectivity index (χ4v) is 5.23. The molecule has 0 aromatic rings. The molecule has 0 aromatic carbocycles. The Morgan fingerprint density at radius 3 is 2.33 bits per heavy atom. The van der Waals surface area contributed by atoms with Gasteiger partial charge < -0.3 is 4.74 Å². The molecule has 1 heterocycles. The summed E-state index contributed by atoms with van der Waals surface area (Å²) >= 11 is 6.17. The Labute approximate surface area is 150 Å². The third-order valence-electron chi connectivity index (χ3n) is 6.83. The number of Topliss-reactive ketones (excluding diaryl/α,β-unsaturated/α-hetero) is 1. The number of halogens is 2. The molecule has 0 bridgehead atoms. The lowest BCUT2D eigenvalue weighted by atomic mass is 9.73. The lowest BCUT2D eigenvalue weighted by molar-refractivity contribution is -0.138. The number of carbonyl (C=O) groups excluding carboxylic acids is 1. The molecular formula is C20H32ClFO2. The van der Waals surface area contributed by atoms with Crippen molar-refractivity contribution in [1.82, 2.24) is 0 Å². The fraction of sp³-hybridized carbons (Fsp3) is 0.950. The molecular weight excluding hydrogens is 327 g/mol. The molecule has 6 unspecified atom stereocenters. The van der Waals surface area contributed by atoms with E-state index in [-0.39, 0.29) is 17.6 Å². The van der Waals surface area contributed by atoms with Crippen molar-refractivity contribution in [2.24, 2.45) is 29.6 Å². The van der Waals surface area contributed by atoms with Gasteiger partial charge in [-0.05, 0) is 56.3 Å². The van der Waals surface area contributed by atoms with Gasteiger partial charge in [0.15, 0.2) is 0 Å². The molecule has 3 aliphatic rings. The van der Waals surface area contributed by atoms with E-state index < -0.39 is 17.5 Å². The van der Waals surface area contributed by atoms with Crippen LogP contribution in [0.4, 0.5) is 4.39 Å². The molecule has 0 spiro atoms. The van der Waals surface area contributed by atoms with Gasteiger partial charge in [0.05, 0.1) is 24.0 Å². The molecule has 0 amide bonds. The normalized spacial score (nSPS) is 47.3. The second kappa shape index (κ2) is 8.03. The zero-order valence-electron chi connectivity index (χ0n) is 15.1. The SMILES string of the molecule is CC1CCC(C2CCC(C(=O)C3CCC(C)C(Cl)C3F)CO2)CC1. The second-order valence-corrected chi connectivity index (χ2v) is 9.12. The summed E-state index contributed by atoms with van der Waals surface area (Å²) in [7, 11) is 0. The Balaban J connectivity index is 1.50. The summed E-state index contributed by atoms with van der Waals surface area (Å²) in [5.74, 6) is 1.10. The molecule has 6 atom stereocenters. The standard InChI is InChI=1S/C20H32ClFO2/c1-12-3-6-14(7-4-12)17-10-8-15(11-24-17)20(23)16-9-5-13(2)18(21)19(16)22/h12-19H,3-11H2,1-2H3. The molecule has 24 heavy (non-hydrogen) atoms.